The second-order valence-electron chi connectivity index (χ2n) is 3.42. The Morgan fingerprint density at radius 3 is 2.44 bits per heavy atom. The van der Waals surface area contributed by atoms with Crippen LogP contribution in [0.4, 0.5) is 0 Å². The summed E-state index contributed by atoms with van der Waals surface area (Å²) in [7, 11) is 0. The molecule has 0 atom stereocenters. The molecular weight excluding hydrogens is 334 g/mol. The van der Waals surface area contributed by atoms with Crippen molar-refractivity contribution in [3.8, 4) is 0 Å². The number of halogens is 2. The lowest BCUT2D eigenvalue weighted by Gasteiger charge is -2.02. The molecule has 0 radical (unpaired) electrons. The Hall–Kier alpha value is -0.580. The van der Waals surface area contributed by atoms with Crippen molar-refractivity contribution in [1.82, 2.24) is 5.32 Å². The molecule has 0 aliphatic heterocycles. The van der Waals surface area contributed by atoms with Gasteiger partial charge in [-0.25, -0.2) is 0 Å². The topological polar surface area (TPSA) is 25.2 Å². The van der Waals surface area contributed by atoms with Crippen molar-refractivity contribution in [2.45, 2.75) is 13.1 Å². The highest BCUT2D eigenvalue weighted by atomic mass is 79.9. The smallest absolute Gasteiger partial charge is 0.183 e. The summed E-state index contributed by atoms with van der Waals surface area (Å²) in [6.07, 6.45) is 0. The molecule has 1 aromatic carbocycles. The largest absolute Gasteiger partial charge is 0.452 e. The molecule has 0 bridgehead atoms. The summed E-state index contributed by atoms with van der Waals surface area (Å²) in [5, 5.41) is 3.32. The van der Waals surface area contributed by atoms with E-state index in [4.69, 9.17) is 4.42 Å². The fraction of sp³-hybridized carbons (Fsp3) is 0.167. The predicted octanol–water partition coefficient (Wildman–Crippen LogP) is 4.09. The third kappa shape index (κ3) is 3.20. The van der Waals surface area contributed by atoms with E-state index in [1.54, 1.807) is 0 Å². The van der Waals surface area contributed by atoms with Gasteiger partial charge in [-0.2, -0.15) is 0 Å². The second kappa shape index (κ2) is 5.66. The predicted molar refractivity (Wildman–Crippen MR) is 71.1 cm³/mol. The standard InChI is InChI=1S/C12H11Br2NO/c13-11-6-10(16-12(11)14)8-15-7-9-4-2-1-3-5-9/h1-6,15H,7-8H2. The fourth-order valence-electron chi connectivity index (χ4n) is 1.40. The molecule has 0 amide bonds. The Morgan fingerprint density at radius 2 is 1.81 bits per heavy atom. The fourth-order valence-corrected chi connectivity index (χ4v) is 2.06. The molecule has 0 aliphatic rings. The van der Waals surface area contributed by atoms with Crippen LogP contribution in [0.15, 0.2) is 50.0 Å². The lowest BCUT2D eigenvalue weighted by molar-refractivity contribution is 0.464. The lowest BCUT2D eigenvalue weighted by atomic mass is 10.2. The van der Waals surface area contributed by atoms with Crippen LogP contribution in [-0.2, 0) is 13.1 Å². The van der Waals surface area contributed by atoms with E-state index >= 15 is 0 Å². The first-order chi connectivity index (χ1) is 7.75. The molecule has 0 saturated carbocycles. The first-order valence-electron chi connectivity index (χ1n) is 4.94. The van der Waals surface area contributed by atoms with Crippen molar-refractivity contribution in [2.75, 3.05) is 0 Å². The lowest BCUT2D eigenvalue weighted by Crippen LogP contribution is -2.11. The first-order valence-corrected chi connectivity index (χ1v) is 6.52. The minimum Gasteiger partial charge on any atom is -0.452 e. The third-order valence-electron chi connectivity index (χ3n) is 2.17. The van der Waals surface area contributed by atoms with Gasteiger partial charge in [0.15, 0.2) is 4.67 Å². The average Bonchev–Trinajstić information content (AvgIpc) is 2.60. The molecule has 2 rings (SSSR count). The number of hydrogen-bond acceptors (Lipinski definition) is 2. The molecule has 0 unspecified atom stereocenters. The van der Waals surface area contributed by atoms with E-state index in [1.165, 1.54) is 5.56 Å². The monoisotopic (exact) mass is 343 g/mol. The van der Waals surface area contributed by atoms with Crippen molar-refractivity contribution in [1.29, 1.82) is 0 Å². The molecule has 1 N–H and O–H groups in total. The van der Waals surface area contributed by atoms with Crippen LogP contribution >= 0.6 is 31.9 Å². The molecular formula is C12H11Br2NO. The zero-order valence-corrected chi connectivity index (χ0v) is 11.7. The average molecular weight is 345 g/mol. The van der Waals surface area contributed by atoms with Crippen LogP contribution < -0.4 is 5.32 Å². The van der Waals surface area contributed by atoms with Crippen LogP contribution in [0.2, 0.25) is 0 Å². The Morgan fingerprint density at radius 1 is 1.06 bits per heavy atom. The van der Waals surface area contributed by atoms with Gasteiger partial charge in [-0.3, -0.25) is 0 Å². The summed E-state index contributed by atoms with van der Waals surface area (Å²) in [6.45, 7) is 1.57. The van der Waals surface area contributed by atoms with Crippen LogP contribution in [0.3, 0.4) is 0 Å². The molecule has 84 valence electrons. The molecule has 2 aromatic rings. The SMILES string of the molecule is Brc1cc(CNCc2ccccc2)oc1Br. The summed E-state index contributed by atoms with van der Waals surface area (Å²) in [5.74, 6) is 0.912. The van der Waals surface area contributed by atoms with Crippen LogP contribution in [0, 0.1) is 0 Å². The molecule has 4 heteroatoms. The molecule has 1 aromatic heterocycles. The van der Waals surface area contributed by atoms with E-state index in [-0.39, 0.29) is 0 Å². The number of nitrogens with one attached hydrogen (secondary N) is 1. The van der Waals surface area contributed by atoms with Crippen molar-refractivity contribution >= 4 is 31.9 Å². The van der Waals surface area contributed by atoms with Gasteiger partial charge in [0.1, 0.15) is 5.76 Å². The van der Waals surface area contributed by atoms with Crippen LogP contribution in [0.25, 0.3) is 0 Å². The van der Waals surface area contributed by atoms with E-state index < -0.39 is 0 Å². The quantitative estimate of drug-likeness (QED) is 0.903. The Bertz CT molecular complexity index is 434. The summed E-state index contributed by atoms with van der Waals surface area (Å²) >= 11 is 6.70. The molecule has 0 saturated heterocycles. The summed E-state index contributed by atoms with van der Waals surface area (Å²) in [4.78, 5) is 0. The summed E-state index contributed by atoms with van der Waals surface area (Å²) < 4.78 is 7.15. The number of furan rings is 1. The maximum atomic E-state index is 5.46. The number of benzene rings is 1. The zero-order valence-electron chi connectivity index (χ0n) is 8.54. The van der Waals surface area contributed by atoms with Crippen molar-refractivity contribution in [3.63, 3.8) is 0 Å². The molecule has 1 heterocycles. The highest BCUT2D eigenvalue weighted by Crippen LogP contribution is 2.26. The maximum Gasteiger partial charge on any atom is 0.183 e. The van der Waals surface area contributed by atoms with E-state index in [0.29, 0.717) is 0 Å². The molecule has 0 aliphatic carbocycles. The van der Waals surface area contributed by atoms with Gasteiger partial charge in [0.05, 0.1) is 11.0 Å². The van der Waals surface area contributed by atoms with E-state index in [0.717, 1.165) is 28.0 Å². The zero-order chi connectivity index (χ0) is 11.4. The Kier molecular flexibility index (Phi) is 4.21. The van der Waals surface area contributed by atoms with Gasteiger partial charge in [-0.1, -0.05) is 30.3 Å². The minimum absolute atomic E-state index is 0.721. The van der Waals surface area contributed by atoms with E-state index in [2.05, 4.69) is 49.3 Å². The van der Waals surface area contributed by atoms with Gasteiger partial charge >= 0.3 is 0 Å². The molecule has 0 fully saturated rings. The van der Waals surface area contributed by atoms with Gasteiger partial charge in [0, 0.05) is 6.54 Å². The van der Waals surface area contributed by atoms with Crippen LogP contribution in [0.5, 0.6) is 0 Å². The molecule has 16 heavy (non-hydrogen) atoms. The molecule has 2 nitrogen and oxygen atoms in total. The van der Waals surface area contributed by atoms with Crippen molar-refractivity contribution in [3.05, 3.63) is 56.9 Å². The Balaban J connectivity index is 1.84. The third-order valence-corrected chi connectivity index (χ3v) is 3.88. The highest BCUT2D eigenvalue weighted by Gasteiger charge is 2.04. The van der Waals surface area contributed by atoms with E-state index in [1.807, 2.05) is 24.3 Å². The maximum absolute atomic E-state index is 5.46. The number of rotatable bonds is 4. The van der Waals surface area contributed by atoms with Gasteiger partial charge < -0.3 is 9.73 Å². The first kappa shape index (κ1) is 11.9. The highest BCUT2D eigenvalue weighted by molar-refractivity contribution is 9.13. The van der Waals surface area contributed by atoms with Crippen LogP contribution in [-0.4, -0.2) is 0 Å². The van der Waals surface area contributed by atoms with E-state index in [9.17, 15) is 0 Å². The van der Waals surface area contributed by atoms with Gasteiger partial charge in [0.2, 0.25) is 0 Å². The van der Waals surface area contributed by atoms with Gasteiger partial charge in [-0.05, 0) is 43.5 Å². The number of hydrogen-bond donors (Lipinski definition) is 1. The summed E-state index contributed by atoms with van der Waals surface area (Å²) in [5.41, 5.74) is 1.27. The Labute approximate surface area is 111 Å². The normalized spacial score (nSPS) is 10.6. The van der Waals surface area contributed by atoms with Gasteiger partial charge in [-0.15, -0.1) is 0 Å². The second-order valence-corrected chi connectivity index (χ2v) is 5.00. The van der Waals surface area contributed by atoms with Gasteiger partial charge in [0.25, 0.3) is 0 Å². The molecule has 0 spiro atoms. The van der Waals surface area contributed by atoms with Crippen molar-refractivity contribution in [2.24, 2.45) is 0 Å². The summed E-state index contributed by atoms with van der Waals surface area (Å²) in [6, 6.07) is 12.3. The van der Waals surface area contributed by atoms with Crippen LogP contribution in [0.1, 0.15) is 11.3 Å². The minimum atomic E-state index is 0.721. The van der Waals surface area contributed by atoms with Crippen molar-refractivity contribution < 1.29 is 4.42 Å².